The number of nitro benzene ring substituents is 1. The number of hydrogen-bond acceptors (Lipinski definition) is 4. The molecule has 98 valence electrons. The van der Waals surface area contributed by atoms with Gasteiger partial charge in [-0.25, -0.2) is 0 Å². The Labute approximate surface area is 99.3 Å². The summed E-state index contributed by atoms with van der Waals surface area (Å²) in [6.45, 7) is 0.953. The molecule has 1 aromatic carbocycles. The molecule has 0 aromatic heterocycles. The number of carbonyl (C=O) groups is 1. The second-order valence-corrected chi connectivity index (χ2v) is 3.35. The monoisotopic (exact) mass is 263 g/mol. The Hall–Kier alpha value is -2.12. The summed E-state index contributed by atoms with van der Waals surface area (Å²) in [4.78, 5) is 20.7. The van der Waals surface area contributed by atoms with E-state index in [2.05, 4.69) is 4.74 Å². The van der Waals surface area contributed by atoms with E-state index >= 15 is 0 Å². The lowest BCUT2D eigenvalue weighted by Gasteiger charge is -2.13. The highest BCUT2D eigenvalue weighted by Crippen LogP contribution is 2.43. The van der Waals surface area contributed by atoms with Crippen molar-refractivity contribution in [3.05, 3.63) is 33.4 Å². The summed E-state index contributed by atoms with van der Waals surface area (Å²) in [6.07, 6.45) is -4.99. The van der Waals surface area contributed by atoms with E-state index in [4.69, 9.17) is 0 Å². The summed E-state index contributed by atoms with van der Waals surface area (Å²) < 4.78 is 42.9. The molecule has 0 aliphatic heterocycles. The SMILES string of the molecule is COc1ccc(C(C)=O)c([N+](=O)[O-])c1C(F)(F)F. The van der Waals surface area contributed by atoms with E-state index in [0.29, 0.717) is 0 Å². The average molecular weight is 263 g/mol. The van der Waals surface area contributed by atoms with Gasteiger partial charge in [-0.1, -0.05) is 0 Å². The number of nitro groups is 1. The van der Waals surface area contributed by atoms with Crippen molar-refractivity contribution in [2.24, 2.45) is 0 Å². The highest BCUT2D eigenvalue weighted by atomic mass is 19.4. The lowest BCUT2D eigenvalue weighted by Crippen LogP contribution is -2.14. The number of rotatable bonds is 3. The second kappa shape index (κ2) is 4.63. The van der Waals surface area contributed by atoms with Gasteiger partial charge in [-0.15, -0.1) is 0 Å². The first-order valence-electron chi connectivity index (χ1n) is 4.63. The molecule has 0 amide bonds. The van der Waals surface area contributed by atoms with Crippen molar-refractivity contribution in [3.8, 4) is 5.75 Å². The summed E-state index contributed by atoms with van der Waals surface area (Å²) in [5.41, 5.74) is -3.44. The minimum Gasteiger partial charge on any atom is -0.496 e. The molecule has 0 aliphatic carbocycles. The highest BCUT2D eigenvalue weighted by molar-refractivity contribution is 5.99. The molecular formula is C10H8F3NO4. The van der Waals surface area contributed by atoms with E-state index in [1.165, 1.54) is 0 Å². The van der Waals surface area contributed by atoms with Crippen LogP contribution in [0.25, 0.3) is 0 Å². The molecule has 0 unspecified atom stereocenters. The van der Waals surface area contributed by atoms with Gasteiger partial charge in [-0.3, -0.25) is 14.9 Å². The van der Waals surface area contributed by atoms with Gasteiger partial charge >= 0.3 is 6.18 Å². The fraction of sp³-hybridized carbons (Fsp3) is 0.300. The molecule has 0 radical (unpaired) electrons. The molecule has 0 fully saturated rings. The Morgan fingerprint density at radius 3 is 2.28 bits per heavy atom. The standard InChI is InChI=1S/C10H8F3NO4/c1-5(15)6-3-4-7(18-2)8(10(11,12)13)9(6)14(16)17/h3-4H,1-2H3. The van der Waals surface area contributed by atoms with Crippen LogP contribution < -0.4 is 4.74 Å². The topological polar surface area (TPSA) is 69.4 Å². The molecular weight excluding hydrogens is 255 g/mol. The van der Waals surface area contributed by atoms with Crippen molar-refractivity contribution in [1.82, 2.24) is 0 Å². The molecule has 0 atom stereocenters. The van der Waals surface area contributed by atoms with E-state index in [9.17, 15) is 28.1 Å². The van der Waals surface area contributed by atoms with Crippen LogP contribution in [-0.2, 0) is 6.18 Å². The maximum Gasteiger partial charge on any atom is 0.426 e. The number of ether oxygens (including phenoxy) is 1. The third-order valence-corrected chi connectivity index (χ3v) is 2.20. The first kappa shape index (κ1) is 13.9. The van der Waals surface area contributed by atoms with Crippen LogP contribution in [-0.4, -0.2) is 17.8 Å². The number of benzene rings is 1. The van der Waals surface area contributed by atoms with E-state index < -0.39 is 39.4 Å². The van der Waals surface area contributed by atoms with Gasteiger partial charge in [0.1, 0.15) is 5.75 Å². The quantitative estimate of drug-likeness (QED) is 0.477. The van der Waals surface area contributed by atoms with Crippen molar-refractivity contribution < 1.29 is 27.6 Å². The minimum atomic E-state index is -4.99. The zero-order valence-electron chi connectivity index (χ0n) is 9.37. The molecule has 1 rings (SSSR count). The Bertz CT molecular complexity index is 511. The lowest BCUT2D eigenvalue weighted by atomic mass is 10.0. The van der Waals surface area contributed by atoms with Crippen LogP contribution in [0.15, 0.2) is 12.1 Å². The average Bonchev–Trinajstić information content (AvgIpc) is 2.25. The van der Waals surface area contributed by atoms with Gasteiger partial charge < -0.3 is 4.74 Å². The molecule has 0 spiro atoms. The van der Waals surface area contributed by atoms with Crippen molar-refractivity contribution in [2.75, 3.05) is 7.11 Å². The number of halogens is 3. The van der Waals surface area contributed by atoms with Crippen LogP contribution >= 0.6 is 0 Å². The number of methoxy groups -OCH3 is 1. The van der Waals surface area contributed by atoms with Gasteiger partial charge in [0.15, 0.2) is 11.3 Å². The van der Waals surface area contributed by atoms with Crippen molar-refractivity contribution in [1.29, 1.82) is 0 Å². The minimum absolute atomic E-state index is 0.604. The molecule has 5 nitrogen and oxygen atoms in total. The van der Waals surface area contributed by atoms with Gasteiger partial charge in [0.2, 0.25) is 0 Å². The molecule has 8 heteroatoms. The number of carbonyl (C=O) groups excluding carboxylic acids is 1. The van der Waals surface area contributed by atoms with Gasteiger partial charge in [0.05, 0.1) is 17.6 Å². The van der Waals surface area contributed by atoms with Crippen molar-refractivity contribution >= 4 is 11.5 Å². The smallest absolute Gasteiger partial charge is 0.426 e. The van der Waals surface area contributed by atoms with E-state index in [0.717, 1.165) is 26.2 Å². The molecule has 0 aliphatic rings. The largest absolute Gasteiger partial charge is 0.496 e. The summed E-state index contributed by atoms with van der Waals surface area (Å²) >= 11 is 0. The Kier molecular flexibility index (Phi) is 3.59. The van der Waals surface area contributed by atoms with E-state index in [-0.39, 0.29) is 0 Å². The zero-order chi connectivity index (χ0) is 14.1. The van der Waals surface area contributed by atoms with Crippen LogP contribution in [0, 0.1) is 10.1 Å². The summed E-state index contributed by atoms with van der Waals surface area (Å²) in [6, 6.07) is 1.82. The third kappa shape index (κ3) is 2.41. The fourth-order valence-corrected chi connectivity index (χ4v) is 1.49. The van der Waals surface area contributed by atoms with Crippen LogP contribution in [0.1, 0.15) is 22.8 Å². The van der Waals surface area contributed by atoms with Crippen LogP contribution in [0.3, 0.4) is 0 Å². The molecule has 0 saturated carbocycles. The zero-order valence-corrected chi connectivity index (χ0v) is 9.37. The second-order valence-electron chi connectivity index (χ2n) is 3.35. The molecule has 1 aromatic rings. The number of hydrogen-bond donors (Lipinski definition) is 0. The highest BCUT2D eigenvalue weighted by Gasteiger charge is 2.44. The van der Waals surface area contributed by atoms with Gasteiger partial charge in [0.25, 0.3) is 5.69 Å². The lowest BCUT2D eigenvalue weighted by molar-refractivity contribution is -0.388. The van der Waals surface area contributed by atoms with E-state index in [1.54, 1.807) is 0 Å². The predicted octanol–water partition coefficient (Wildman–Crippen LogP) is 2.82. The first-order chi connectivity index (χ1) is 8.20. The van der Waals surface area contributed by atoms with Gasteiger partial charge in [0, 0.05) is 0 Å². The van der Waals surface area contributed by atoms with E-state index in [1.807, 2.05) is 0 Å². The molecule has 0 heterocycles. The number of nitrogens with zero attached hydrogens (tertiary/aromatic N) is 1. The van der Waals surface area contributed by atoms with Crippen LogP contribution in [0.2, 0.25) is 0 Å². The van der Waals surface area contributed by atoms with Crippen molar-refractivity contribution in [2.45, 2.75) is 13.1 Å². The van der Waals surface area contributed by atoms with Crippen LogP contribution in [0.4, 0.5) is 18.9 Å². The normalized spacial score (nSPS) is 11.2. The Balaban J connectivity index is 3.76. The predicted molar refractivity (Wildman–Crippen MR) is 54.7 cm³/mol. The molecule has 0 saturated heterocycles. The maximum absolute atomic E-state index is 12.8. The Morgan fingerprint density at radius 2 is 1.94 bits per heavy atom. The van der Waals surface area contributed by atoms with Crippen molar-refractivity contribution in [3.63, 3.8) is 0 Å². The van der Waals surface area contributed by atoms with Gasteiger partial charge in [-0.05, 0) is 19.1 Å². The Morgan fingerprint density at radius 1 is 1.39 bits per heavy atom. The van der Waals surface area contributed by atoms with Crippen LogP contribution in [0.5, 0.6) is 5.75 Å². The number of alkyl halides is 3. The number of Topliss-reactive ketones (excluding diaryl/α,β-unsaturated/α-hetero) is 1. The molecule has 18 heavy (non-hydrogen) atoms. The summed E-state index contributed by atoms with van der Waals surface area (Å²) in [7, 11) is 0.960. The first-order valence-corrected chi connectivity index (χ1v) is 4.63. The third-order valence-electron chi connectivity index (χ3n) is 2.20. The molecule has 0 bridgehead atoms. The summed E-state index contributed by atoms with van der Waals surface area (Å²) in [5, 5.41) is 10.8. The van der Waals surface area contributed by atoms with Gasteiger partial charge in [-0.2, -0.15) is 13.2 Å². The fourth-order valence-electron chi connectivity index (χ4n) is 1.49. The maximum atomic E-state index is 12.8. The number of ketones is 1. The summed E-state index contributed by atoms with van der Waals surface area (Å²) in [5.74, 6) is -1.52. The molecule has 0 N–H and O–H groups in total.